The van der Waals surface area contributed by atoms with Gasteiger partial charge in [0.05, 0.1) is 0 Å². The third-order valence-corrected chi connectivity index (χ3v) is 1.88. The SMILES string of the molecule is C=C/C=C1/CN(CC=C)COC1=C.CC. The Labute approximate surface area is 93.2 Å². The standard InChI is InChI=1S/C11H15NO.C2H6/c1-4-6-11-8-12(7-5-2)9-13-10(11)3;1-2/h4-6H,1-3,7-9H2;1-2H3/b11-6-;. The second-order valence-electron chi connectivity index (χ2n) is 2.92. The van der Waals surface area contributed by atoms with Gasteiger partial charge in [-0.3, -0.25) is 4.90 Å². The maximum absolute atomic E-state index is 5.38. The molecule has 1 saturated heterocycles. The van der Waals surface area contributed by atoms with Crippen LogP contribution in [0.4, 0.5) is 0 Å². The van der Waals surface area contributed by atoms with Gasteiger partial charge in [0.2, 0.25) is 0 Å². The van der Waals surface area contributed by atoms with Gasteiger partial charge in [-0.05, 0) is 0 Å². The summed E-state index contributed by atoms with van der Waals surface area (Å²) in [5.41, 5.74) is 1.09. The zero-order valence-corrected chi connectivity index (χ0v) is 9.83. The minimum absolute atomic E-state index is 0.597. The van der Waals surface area contributed by atoms with Gasteiger partial charge in [0.15, 0.2) is 0 Å². The minimum Gasteiger partial charge on any atom is -0.478 e. The summed E-state index contributed by atoms with van der Waals surface area (Å²) in [5, 5.41) is 0. The van der Waals surface area contributed by atoms with E-state index in [-0.39, 0.29) is 0 Å². The van der Waals surface area contributed by atoms with Crippen molar-refractivity contribution in [2.24, 2.45) is 0 Å². The van der Waals surface area contributed by atoms with E-state index in [9.17, 15) is 0 Å². The molecule has 1 fully saturated rings. The van der Waals surface area contributed by atoms with Crippen LogP contribution in [-0.2, 0) is 4.74 Å². The Hall–Kier alpha value is -1.28. The molecule has 0 N–H and O–H groups in total. The van der Waals surface area contributed by atoms with Crippen molar-refractivity contribution in [3.63, 3.8) is 0 Å². The number of rotatable bonds is 3. The van der Waals surface area contributed by atoms with E-state index in [0.717, 1.165) is 24.4 Å². The predicted molar refractivity (Wildman–Crippen MR) is 66.5 cm³/mol. The highest BCUT2D eigenvalue weighted by Crippen LogP contribution is 2.17. The van der Waals surface area contributed by atoms with Gasteiger partial charge in [0.25, 0.3) is 0 Å². The molecule has 1 aliphatic rings. The van der Waals surface area contributed by atoms with E-state index in [1.54, 1.807) is 6.08 Å². The third kappa shape index (κ3) is 4.66. The summed E-state index contributed by atoms with van der Waals surface area (Å²) in [6.07, 6.45) is 5.54. The summed E-state index contributed by atoms with van der Waals surface area (Å²) in [6.45, 7) is 17.4. The fourth-order valence-corrected chi connectivity index (χ4v) is 1.22. The summed E-state index contributed by atoms with van der Waals surface area (Å²) in [7, 11) is 0. The van der Waals surface area contributed by atoms with Crippen LogP contribution in [0.2, 0.25) is 0 Å². The van der Waals surface area contributed by atoms with Gasteiger partial charge in [0, 0.05) is 18.7 Å². The first-order valence-electron chi connectivity index (χ1n) is 5.25. The smallest absolute Gasteiger partial charge is 0.142 e. The molecule has 1 aliphatic heterocycles. The maximum Gasteiger partial charge on any atom is 0.142 e. The van der Waals surface area contributed by atoms with E-state index in [1.807, 2.05) is 26.0 Å². The van der Waals surface area contributed by atoms with Crippen LogP contribution < -0.4 is 0 Å². The van der Waals surface area contributed by atoms with Crippen LogP contribution >= 0.6 is 0 Å². The lowest BCUT2D eigenvalue weighted by atomic mass is 10.2. The second kappa shape index (κ2) is 8.06. The minimum atomic E-state index is 0.597. The van der Waals surface area contributed by atoms with Crippen molar-refractivity contribution in [1.82, 2.24) is 4.90 Å². The average molecular weight is 207 g/mol. The van der Waals surface area contributed by atoms with Crippen LogP contribution in [0.5, 0.6) is 0 Å². The third-order valence-electron chi connectivity index (χ3n) is 1.88. The Bertz CT molecular complexity index is 253. The first-order chi connectivity index (χ1) is 7.27. The number of ether oxygens (including phenoxy) is 1. The summed E-state index contributed by atoms with van der Waals surface area (Å²) in [4.78, 5) is 2.14. The Morgan fingerprint density at radius 3 is 2.60 bits per heavy atom. The molecule has 1 heterocycles. The molecule has 84 valence electrons. The molecule has 2 heteroatoms. The lowest BCUT2D eigenvalue weighted by molar-refractivity contribution is 0.0664. The van der Waals surface area contributed by atoms with E-state index in [2.05, 4.69) is 24.6 Å². The first-order valence-corrected chi connectivity index (χ1v) is 5.25. The Kier molecular flexibility index (Phi) is 7.38. The molecule has 0 aromatic carbocycles. The van der Waals surface area contributed by atoms with E-state index >= 15 is 0 Å². The predicted octanol–water partition coefficient (Wildman–Crippen LogP) is 3.11. The molecule has 0 aromatic rings. The molecule has 0 radical (unpaired) electrons. The molecule has 1 rings (SSSR count). The van der Waals surface area contributed by atoms with Crippen molar-refractivity contribution in [2.75, 3.05) is 19.8 Å². The summed E-state index contributed by atoms with van der Waals surface area (Å²) < 4.78 is 5.38. The topological polar surface area (TPSA) is 12.5 Å². The van der Waals surface area contributed by atoms with Gasteiger partial charge >= 0.3 is 0 Å². The molecule has 0 unspecified atom stereocenters. The van der Waals surface area contributed by atoms with Gasteiger partial charge in [-0.15, -0.1) is 6.58 Å². The molecule has 0 aliphatic carbocycles. The molecule has 0 saturated carbocycles. The molecular weight excluding hydrogens is 186 g/mol. The largest absolute Gasteiger partial charge is 0.478 e. The zero-order chi connectivity index (χ0) is 11.7. The number of allylic oxidation sites excluding steroid dienone is 2. The molecule has 0 bridgehead atoms. The highest BCUT2D eigenvalue weighted by molar-refractivity contribution is 5.29. The Morgan fingerprint density at radius 2 is 2.07 bits per heavy atom. The second-order valence-corrected chi connectivity index (χ2v) is 2.92. The van der Waals surface area contributed by atoms with Gasteiger partial charge in [-0.2, -0.15) is 0 Å². The molecule has 15 heavy (non-hydrogen) atoms. The van der Waals surface area contributed by atoms with Crippen LogP contribution in [-0.4, -0.2) is 24.7 Å². The molecule has 0 atom stereocenters. The molecule has 2 nitrogen and oxygen atoms in total. The Morgan fingerprint density at radius 1 is 1.40 bits per heavy atom. The summed E-state index contributed by atoms with van der Waals surface area (Å²) >= 11 is 0. The number of hydrogen-bond acceptors (Lipinski definition) is 2. The van der Waals surface area contributed by atoms with Crippen molar-refractivity contribution in [3.05, 3.63) is 49.3 Å². The van der Waals surface area contributed by atoms with Gasteiger partial charge in [-0.25, -0.2) is 0 Å². The van der Waals surface area contributed by atoms with Gasteiger partial charge in [-0.1, -0.05) is 45.2 Å². The normalized spacial score (nSPS) is 18.8. The van der Waals surface area contributed by atoms with E-state index in [0.29, 0.717) is 6.73 Å². The van der Waals surface area contributed by atoms with Crippen molar-refractivity contribution in [3.8, 4) is 0 Å². The summed E-state index contributed by atoms with van der Waals surface area (Å²) in [5.74, 6) is 0.750. The molecular formula is C13H21NO. The van der Waals surface area contributed by atoms with Gasteiger partial charge < -0.3 is 4.74 Å². The van der Waals surface area contributed by atoms with Crippen LogP contribution in [0, 0.1) is 0 Å². The highest BCUT2D eigenvalue weighted by atomic mass is 16.5. The number of nitrogens with zero attached hydrogens (tertiary/aromatic N) is 1. The van der Waals surface area contributed by atoms with E-state index < -0.39 is 0 Å². The summed E-state index contributed by atoms with van der Waals surface area (Å²) in [6, 6.07) is 0. The van der Waals surface area contributed by atoms with Crippen molar-refractivity contribution in [1.29, 1.82) is 0 Å². The van der Waals surface area contributed by atoms with Crippen LogP contribution in [0.3, 0.4) is 0 Å². The maximum atomic E-state index is 5.38. The average Bonchev–Trinajstić information content (AvgIpc) is 2.27. The van der Waals surface area contributed by atoms with Crippen molar-refractivity contribution < 1.29 is 4.74 Å². The molecule has 0 aromatic heterocycles. The molecule has 0 spiro atoms. The molecule has 0 amide bonds. The van der Waals surface area contributed by atoms with Crippen molar-refractivity contribution >= 4 is 0 Å². The van der Waals surface area contributed by atoms with E-state index in [1.165, 1.54) is 0 Å². The first kappa shape index (κ1) is 13.7. The zero-order valence-electron chi connectivity index (χ0n) is 9.83. The Balaban J connectivity index is 0.000000921. The van der Waals surface area contributed by atoms with E-state index in [4.69, 9.17) is 4.74 Å². The van der Waals surface area contributed by atoms with Gasteiger partial charge in [0.1, 0.15) is 12.5 Å². The monoisotopic (exact) mass is 207 g/mol. The lowest BCUT2D eigenvalue weighted by Crippen LogP contribution is -2.33. The number of hydrogen-bond donors (Lipinski definition) is 0. The van der Waals surface area contributed by atoms with Crippen LogP contribution in [0.25, 0.3) is 0 Å². The fourth-order valence-electron chi connectivity index (χ4n) is 1.22. The van der Waals surface area contributed by atoms with Crippen LogP contribution in [0.15, 0.2) is 49.3 Å². The van der Waals surface area contributed by atoms with Crippen LogP contribution in [0.1, 0.15) is 13.8 Å². The van der Waals surface area contributed by atoms with Crippen molar-refractivity contribution in [2.45, 2.75) is 13.8 Å². The lowest BCUT2D eigenvalue weighted by Gasteiger charge is -2.29. The highest BCUT2D eigenvalue weighted by Gasteiger charge is 2.16. The quantitative estimate of drug-likeness (QED) is 0.659. The fraction of sp³-hybridized carbons (Fsp3) is 0.385.